The number of rotatable bonds is 4. The average molecular weight is 280 g/mol. The largest absolute Gasteiger partial charge is 0.253 e. The van der Waals surface area contributed by atoms with Crippen molar-refractivity contribution in [2.24, 2.45) is 0 Å². The second-order valence-corrected chi connectivity index (χ2v) is 4.61. The standard InChI is InChI=1S/C12H14BrN3/c1-2-16-9-12(14-15-16)7-6-10-4-3-5-11(13)8-10/h3-5,8-9H,2,6-7H2,1H3. The maximum Gasteiger partial charge on any atom is 0.0830 e. The molecule has 3 nitrogen and oxygen atoms in total. The van der Waals surface area contributed by atoms with Gasteiger partial charge in [0.2, 0.25) is 0 Å². The zero-order valence-electron chi connectivity index (χ0n) is 9.23. The van der Waals surface area contributed by atoms with Crippen LogP contribution in [0.2, 0.25) is 0 Å². The SMILES string of the molecule is CCn1cc(CCc2cccc(Br)c2)nn1. The van der Waals surface area contributed by atoms with E-state index in [1.807, 2.05) is 16.9 Å². The van der Waals surface area contributed by atoms with Crippen molar-refractivity contribution in [1.82, 2.24) is 15.0 Å². The predicted octanol–water partition coefficient (Wildman–Crippen LogP) is 2.85. The molecule has 0 aliphatic heterocycles. The highest BCUT2D eigenvalue weighted by atomic mass is 79.9. The lowest BCUT2D eigenvalue weighted by atomic mass is 10.1. The Hall–Kier alpha value is -1.16. The molecule has 84 valence electrons. The minimum Gasteiger partial charge on any atom is -0.253 e. The van der Waals surface area contributed by atoms with Crippen LogP contribution in [0, 0.1) is 0 Å². The normalized spacial score (nSPS) is 10.6. The van der Waals surface area contributed by atoms with Gasteiger partial charge < -0.3 is 0 Å². The van der Waals surface area contributed by atoms with Crippen molar-refractivity contribution in [1.29, 1.82) is 0 Å². The third-order valence-electron chi connectivity index (χ3n) is 2.47. The van der Waals surface area contributed by atoms with Crippen molar-refractivity contribution in [3.63, 3.8) is 0 Å². The number of benzene rings is 1. The Morgan fingerprint density at radius 2 is 2.19 bits per heavy atom. The molecule has 1 heterocycles. The molecule has 2 rings (SSSR count). The lowest BCUT2D eigenvalue weighted by Crippen LogP contribution is -1.93. The fraction of sp³-hybridized carbons (Fsp3) is 0.333. The van der Waals surface area contributed by atoms with Crippen molar-refractivity contribution >= 4 is 15.9 Å². The zero-order valence-corrected chi connectivity index (χ0v) is 10.8. The monoisotopic (exact) mass is 279 g/mol. The molecule has 0 radical (unpaired) electrons. The van der Waals surface area contributed by atoms with Crippen molar-refractivity contribution in [3.8, 4) is 0 Å². The molecule has 0 saturated carbocycles. The fourth-order valence-electron chi connectivity index (χ4n) is 1.57. The van der Waals surface area contributed by atoms with Crippen LogP contribution in [-0.4, -0.2) is 15.0 Å². The lowest BCUT2D eigenvalue weighted by Gasteiger charge is -1.99. The molecule has 1 aromatic carbocycles. The number of hydrogen-bond acceptors (Lipinski definition) is 2. The summed E-state index contributed by atoms with van der Waals surface area (Å²) in [5.74, 6) is 0. The summed E-state index contributed by atoms with van der Waals surface area (Å²) in [7, 11) is 0. The number of aromatic nitrogens is 3. The van der Waals surface area contributed by atoms with Crippen LogP contribution in [0.4, 0.5) is 0 Å². The van der Waals surface area contributed by atoms with Gasteiger partial charge in [-0.1, -0.05) is 33.3 Å². The van der Waals surface area contributed by atoms with Crippen LogP contribution in [-0.2, 0) is 19.4 Å². The molecular weight excluding hydrogens is 266 g/mol. The van der Waals surface area contributed by atoms with E-state index in [1.54, 1.807) is 0 Å². The van der Waals surface area contributed by atoms with Gasteiger partial charge in [0.25, 0.3) is 0 Å². The molecule has 0 bridgehead atoms. The Morgan fingerprint density at radius 3 is 2.88 bits per heavy atom. The lowest BCUT2D eigenvalue weighted by molar-refractivity contribution is 0.626. The molecule has 0 spiro atoms. The van der Waals surface area contributed by atoms with Gasteiger partial charge in [0.1, 0.15) is 0 Å². The van der Waals surface area contributed by atoms with E-state index in [4.69, 9.17) is 0 Å². The Labute approximate surface area is 104 Å². The highest BCUT2D eigenvalue weighted by Gasteiger charge is 2.00. The Bertz CT molecular complexity index is 465. The van der Waals surface area contributed by atoms with Gasteiger partial charge in [-0.2, -0.15) is 0 Å². The summed E-state index contributed by atoms with van der Waals surface area (Å²) >= 11 is 3.47. The molecule has 0 aliphatic rings. The predicted molar refractivity (Wildman–Crippen MR) is 67.2 cm³/mol. The highest BCUT2D eigenvalue weighted by Crippen LogP contribution is 2.13. The van der Waals surface area contributed by atoms with Gasteiger partial charge in [-0.15, -0.1) is 5.10 Å². The summed E-state index contributed by atoms with van der Waals surface area (Å²) in [4.78, 5) is 0. The van der Waals surface area contributed by atoms with Crippen LogP contribution in [0.3, 0.4) is 0 Å². The second-order valence-electron chi connectivity index (χ2n) is 3.70. The van der Waals surface area contributed by atoms with Crippen LogP contribution in [0.25, 0.3) is 0 Å². The first-order valence-corrected chi connectivity index (χ1v) is 6.20. The summed E-state index contributed by atoms with van der Waals surface area (Å²) in [6.07, 6.45) is 3.95. The third-order valence-corrected chi connectivity index (χ3v) is 2.96. The molecule has 0 N–H and O–H groups in total. The summed E-state index contributed by atoms with van der Waals surface area (Å²) in [5, 5.41) is 8.15. The molecule has 4 heteroatoms. The first-order chi connectivity index (χ1) is 7.78. The summed E-state index contributed by atoms with van der Waals surface area (Å²) in [5.41, 5.74) is 2.38. The van der Waals surface area contributed by atoms with E-state index >= 15 is 0 Å². The molecule has 0 unspecified atom stereocenters. The molecule has 0 fully saturated rings. The maximum absolute atomic E-state index is 4.13. The second kappa shape index (κ2) is 5.25. The van der Waals surface area contributed by atoms with Gasteiger partial charge in [0.05, 0.1) is 5.69 Å². The first kappa shape index (κ1) is 11.3. The fourth-order valence-corrected chi connectivity index (χ4v) is 2.02. The third kappa shape index (κ3) is 2.92. The van der Waals surface area contributed by atoms with Gasteiger partial charge in [0.15, 0.2) is 0 Å². The summed E-state index contributed by atoms with van der Waals surface area (Å²) in [6.45, 7) is 2.94. The number of aryl methyl sites for hydroxylation is 3. The van der Waals surface area contributed by atoms with Crippen LogP contribution in [0.5, 0.6) is 0 Å². The number of halogens is 1. The van der Waals surface area contributed by atoms with Crippen molar-refractivity contribution in [2.75, 3.05) is 0 Å². The van der Waals surface area contributed by atoms with Crippen molar-refractivity contribution in [2.45, 2.75) is 26.3 Å². The van der Waals surface area contributed by atoms with Crippen LogP contribution in [0.15, 0.2) is 34.9 Å². The number of nitrogens with zero attached hydrogens (tertiary/aromatic N) is 3. The molecule has 0 saturated heterocycles. The topological polar surface area (TPSA) is 30.7 Å². The summed E-state index contributed by atoms with van der Waals surface area (Å²) < 4.78 is 2.98. The smallest absolute Gasteiger partial charge is 0.0830 e. The number of hydrogen-bond donors (Lipinski definition) is 0. The van der Waals surface area contributed by atoms with Crippen molar-refractivity contribution < 1.29 is 0 Å². The van der Waals surface area contributed by atoms with Gasteiger partial charge in [-0.25, -0.2) is 0 Å². The Balaban J connectivity index is 1.96. The molecule has 16 heavy (non-hydrogen) atoms. The van der Waals surface area contributed by atoms with E-state index in [-0.39, 0.29) is 0 Å². The minimum atomic E-state index is 0.879. The van der Waals surface area contributed by atoms with Crippen molar-refractivity contribution in [3.05, 3.63) is 46.2 Å². The van der Waals surface area contributed by atoms with Gasteiger partial charge in [-0.3, -0.25) is 4.68 Å². The molecule has 0 aliphatic carbocycles. The quantitative estimate of drug-likeness (QED) is 0.862. The molecule has 0 amide bonds. The highest BCUT2D eigenvalue weighted by molar-refractivity contribution is 9.10. The van der Waals surface area contributed by atoms with Crippen LogP contribution >= 0.6 is 15.9 Å². The van der Waals surface area contributed by atoms with Crippen LogP contribution in [0.1, 0.15) is 18.2 Å². The summed E-state index contributed by atoms with van der Waals surface area (Å²) in [6, 6.07) is 8.37. The maximum atomic E-state index is 4.13. The van der Waals surface area contributed by atoms with E-state index in [0.29, 0.717) is 0 Å². The Kier molecular flexibility index (Phi) is 3.72. The molecule has 0 atom stereocenters. The first-order valence-electron chi connectivity index (χ1n) is 5.41. The van der Waals surface area contributed by atoms with Gasteiger partial charge in [-0.05, 0) is 37.5 Å². The van der Waals surface area contributed by atoms with E-state index in [2.05, 4.69) is 51.4 Å². The van der Waals surface area contributed by atoms with E-state index in [0.717, 1.165) is 29.6 Å². The molecular formula is C12H14BrN3. The van der Waals surface area contributed by atoms with E-state index in [9.17, 15) is 0 Å². The Morgan fingerprint density at radius 1 is 1.31 bits per heavy atom. The van der Waals surface area contributed by atoms with E-state index in [1.165, 1.54) is 5.56 Å². The van der Waals surface area contributed by atoms with Gasteiger partial charge in [0, 0.05) is 17.2 Å². The van der Waals surface area contributed by atoms with Crippen LogP contribution < -0.4 is 0 Å². The van der Waals surface area contributed by atoms with Gasteiger partial charge >= 0.3 is 0 Å². The molecule has 1 aromatic heterocycles. The minimum absolute atomic E-state index is 0.879. The molecule has 2 aromatic rings. The average Bonchev–Trinajstić information content (AvgIpc) is 2.74. The zero-order chi connectivity index (χ0) is 11.4. The van der Waals surface area contributed by atoms with E-state index < -0.39 is 0 Å².